The van der Waals surface area contributed by atoms with Crippen molar-refractivity contribution in [1.29, 1.82) is 0 Å². The van der Waals surface area contributed by atoms with E-state index in [0.717, 1.165) is 44.0 Å². The van der Waals surface area contributed by atoms with Crippen molar-refractivity contribution in [2.24, 2.45) is 11.8 Å². The molecule has 2 fully saturated rings. The average molecular weight is 382 g/mol. The predicted molar refractivity (Wildman–Crippen MR) is 97.1 cm³/mol. The van der Waals surface area contributed by atoms with Crippen LogP contribution in [0.25, 0.3) is 0 Å². The molecule has 1 N–H and O–H groups in total. The summed E-state index contributed by atoms with van der Waals surface area (Å²) < 4.78 is 11.5. The molecule has 0 bridgehead atoms. The lowest BCUT2D eigenvalue weighted by atomic mass is 9.78. The van der Waals surface area contributed by atoms with Crippen LogP contribution in [0, 0.1) is 11.8 Å². The van der Waals surface area contributed by atoms with Crippen LogP contribution >= 0.6 is 23.2 Å². The molecule has 1 saturated heterocycles. The molecule has 1 aromatic carbocycles. The molecule has 0 unspecified atom stereocenters. The van der Waals surface area contributed by atoms with Crippen LogP contribution in [0.5, 0.6) is 5.75 Å². The minimum atomic E-state index is -0.446. The summed E-state index contributed by atoms with van der Waals surface area (Å²) >= 11 is 11.9. The second-order valence-electron chi connectivity index (χ2n) is 7.07. The van der Waals surface area contributed by atoms with Crippen molar-refractivity contribution in [2.45, 2.75) is 31.6 Å². The highest BCUT2D eigenvalue weighted by molar-refractivity contribution is 6.30. The molecule has 2 aliphatic rings. The van der Waals surface area contributed by atoms with Crippen LogP contribution in [0.15, 0.2) is 40.8 Å². The SMILES string of the molecule is O[C@@H]1C[C@H]2CN(Cc3ccc(Cl)o3)C[C@H]2C[C@H]1Oc1cccc(Cl)c1. The van der Waals surface area contributed by atoms with Gasteiger partial charge in [0.25, 0.3) is 0 Å². The third-order valence-electron chi connectivity index (χ3n) is 5.25. The number of hydrogen-bond acceptors (Lipinski definition) is 4. The number of benzene rings is 1. The van der Waals surface area contributed by atoms with Crippen molar-refractivity contribution in [1.82, 2.24) is 4.90 Å². The zero-order chi connectivity index (χ0) is 17.4. The summed E-state index contributed by atoms with van der Waals surface area (Å²) in [6, 6.07) is 11.1. The maximum Gasteiger partial charge on any atom is 0.193 e. The second-order valence-corrected chi connectivity index (χ2v) is 7.88. The summed E-state index contributed by atoms with van der Waals surface area (Å²) in [5.41, 5.74) is 0. The topological polar surface area (TPSA) is 45.8 Å². The van der Waals surface area contributed by atoms with E-state index in [1.165, 1.54) is 0 Å². The number of halogens is 2. The summed E-state index contributed by atoms with van der Waals surface area (Å²) in [7, 11) is 0. The molecule has 2 heterocycles. The van der Waals surface area contributed by atoms with Crippen molar-refractivity contribution >= 4 is 23.2 Å². The summed E-state index contributed by atoms with van der Waals surface area (Å²) in [5.74, 6) is 2.63. The fourth-order valence-electron chi connectivity index (χ4n) is 4.12. The monoisotopic (exact) mass is 381 g/mol. The van der Waals surface area contributed by atoms with E-state index in [-0.39, 0.29) is 6.10 Å². The highest BCUT2D eigenvalue weighted by Gasteiger charge is 2.42. The fraction of sp³-hybridized carbons (Fsp3) is 0.474. The molecule has 2 aromatic rings. The van der Waals surface area contributed by atoms with Crippen molar-refractivity contribution in [3.05, 3.63) is 52.4 Å². The van der Waals surface area contributed by atoms with E-state index < -0.39 is 6.10 Å². The number of likely N-dealkylation sites (tertiary alicyclic amines) is 1. The average Bonchev–Trinajstić information content (AvgIpc) is 3.13. The molecule has 1 aliphatic heterocycles. The largest absolute Gasteiger partial charge is 0.488 e. The zero-order valence-electron chi connectivity index (χ0n) is 13.8. The second kappa shape index (κ2) is 7.20. The Morgan fingerprint density at radius 3 is 2.64 bits per heavy atom. The number of hydrogen-bond donors (Lipinski definition) is 1. The Labute approximate surface area is 157 Å². The number of aliphatic hydroxyl groups is 1. The Morgan fingerprint density at radius 2 is 1.92 bits per heavy atom. The van der Waals surface area contributed by atoms with E-state index in [9.17, 15) is 5.11 Å². The van der Waals surface area contributed by atoms with E-state index in [1.807, 2.05) is 24.3 Å². The van der Waals surface area contributed by atoms with E-state index in [2.05, 4.69) is 4.90 Å². The highest BCUT2D eigenvalue weighted by atomic mass is 35.5. The molecule has 4 atom stereocenters. The Bertz CT molecular complexity index is 735. The molecule has 6 heteroatoms. The van der Waals surface area contributed by atoms with Gasteiger partial charge in [-0.1, -0.05) is 17.7 Å². The molecule has 1 saturated carbocycles. The zero-order valence-corrected chi connectivity index (χ0v) is 15.3. The van der Waals surface area contributed by atoms with E-state index >= 15 is 0 Å². The smallest absolute Gasteiger partial charge is 0.193 e. The van der Waals surface area contributed by atoms with Gasteiger partial charge in [0, 0.05) is 18.1 Å². The van der Waals surface area contributed by atoms with Gasteiger partial charge < -0.3 is 14.3 Å². The van der Waals surface area contributed by atoms with Crippen molar-refractivity contribution in [2.75, 3.05) is 13.1 Å². The molecule has 25 heavy (non-hydrogen) atoms. The normalized spacial score (nSPS) is 29.6. The van der Waals surface area contributed by atoms with Gasteiger partial charge in [-0.3, -0.25) is 4.90 Å². The molecule has 1 aromatic heterocycles. The van der Waals surface area contributed by atoms with Gasteiger partial charge in [0.15, 0.2) is 5.22 Å². The third kappa shape index (κ3) is 3.98. The van der Waals surface area contributed by atoms with Gasteiger partial charge in [0.2, 0.25) is 0 Å². The van der Waals surface area contributed by atoms with Gasteiger partial charge in [-0.05, 0) is 66.6 Å². The Morgan fingerprint density at radius 1 is 1.12 bits per heavy atom. The van der Waals surface area contributed by atoms with Gasteiger partial charge in [0.1, 0.15) is 17.6 Å². The number of aliphatic hydroxyl groups excluding tert-OH is 1. The quantitative estimate of drug-likeness (QED) is 0.860. The predicted octanol–water partition coefficient (Wildman–Crippen LogP) is 4.24. The molecule has 0 amide bonds. The Balaban J connectivity index is 1.38. The third-order valence-corrected chi connectivity index (χ3v) is 5.69. The first-order valence-electron chi connectivity index (χ1n) is 8.63. The Kier molecular flexibility index (Phi) is 4.96. The number of rotatable bonds is 4. The Hall–Kier alpha value is -1.20. The van der Waals surface area contributed by atoms with Gasteiger partial charge in [-0.25, -0.2) is 0 Å². The van der Waals surface area contributed by atoms with Crippen LogP contribution in [0.3, 0.4) is 0 Å². The first-order chi connectivity index (χ1) is 12.1. The van der Waals surface area contributed by atoms with Crippen LogP contribution in [-0.4, -0.2) is 35.3 Å². The molecule has 134 valence electrons. The first kappa shape index (κ1) is 17.2. The lowest BCUT2D eigenvalue weighted by Gasteiger charge is -2.35. The van der Waals surface area contributed by atoms with Crippen molar-refractivity contribution in [3.8, 4) is 5.75 Å². The summed E-state index contributed by atoms with van der Waals surface area (Å²) in [6.07, 6.45) is 0.995. The fourth-order valence-corrected chi connectivity index (χ4v) is 4.46. The molecule has 4 rings (SSSR count). The van der Waals surface area contributed by atoms with Crippen LogP contribution in [0.4, 0.5) is 0 Å². The molecule has 0 radical (unpaired) electrons. The molecule has 0 spiro atoms. The van der Waals surface area contributed by atoms with E-state index in [4.69, 9.17) is 32.4 Å². The molecule has 4 nitrogen and oxygen atoms in total. The standard InChI is InChI=1S/C19H21Cl2NO3/c20-14-2-1-3-15(8-14)24-18-7-13-10-22(9-12(13)6-17(18)23)11-16-4-5-19(21)25-16/h1-5,8,12-13,17-18,23H,6-7,9-11H2/t12-,13+,17+,18+/m0/s1. The minimum absolute atomic E-state index is 0.183. The van der Waals surface area contributed by atoms with E-state index in [1.54, 1.807) is 12.1 Å². The molecular weight excluding hydrogens is 361 g/mol. The van der Waals surface area contributed by atoms with E-state index in [0.29, 0.717) is 22.1 Å². The van der Waals surface area contributed by atoms with Crippen LogP contribution < -0.4 is 4.74 Å². The van der Waals surface area contributed by atoms with Gasteiger partial charge in [0.05, 0.1) is 12.6 Å². The van der Waals surface area contributed by atoms with Gasteiger partial charge in [-0.2, -0.15) is 0 Å². The lowest BCUT2D eigenvalue weighted by molar-refractivity contribution is -0.0231. The maximum atomic E-state index is 10.5. The summed E-state index contributed by atoms with van der Waals surface area (Å²) in [4.78, 5) is 2.37. The number of nitrogens with zero attached hydrogens (tertiary/aromatic N) is 1. The van der Waals surface area contributed by atoms with Crippen LogP contribution in [-0.2, 0) is 6.54 Å². The number of fused-ring (bicyclic) bond motifs is 1. The highest BCUT2D eigenvalue weighted by Crippen LogP contribution is 2.38. The number of ether oxygens (including phenoxy) is 1. The first-order valence-corrected chi connectivity index (χ1v) is 9.39. The van der Waals surface area contributed by atoms with Gasteiger partial charge in [-0.15, -0.1) is 0 Å². The number of furan rings is 1. The summed E-state index contributed by atoms with van der Waals surface area (Å²) in [5, 5.41) is 11.6. The lowest BCUT2D eigenvalue weighted by Crippen LogP contribution is -2.42. The molecule has 1 aliphatic carbocycles. The van der Waals surface area contributed by atoms with Crippen molar-refractivity contribution in [3.63, 3.8) is 0 Å². The summed E-state index contributed by atoms with van der Waals surface area (Å²) in [6.45, 7) is 2.73. The maximum absolute atomic E-state index is 10.5. The molecular formula is C19H21Cl2NO3. The van der Waals surface area contributed by atoms with Gasteiger partial charge >= 0.3 is 0 Å². The van der Waals surface area contributed by atoms with Crippen LogP contribution in [0.2, 0.25) is 10.2 Å². The van der Waals surface area contributed by atoms with Crippen molar-refractivity contribution < 1.29 is 14.3 Å². The van der Waals surface area contributed by atoms with Crippen LogP contribution in [0.1, 0.15) is 18.6 Å². The minimum Gasteiger partial charge on any atom is -0.488 e.